The maximum Gasteiger partial charge on any atom is 0.348 e. The van der Waals surface area contributed by atoms with Crippen molar-refractivity contribution in [3.63, 3.8) is 0 Å². The zero-order valence-corrected chi connectivity index (χ0v) is 21.0. The molecule has 0 radical (unpaired) electrons. The molecule has 3 aromatic rings. The van der Waals surface area contributed by atoms with E-state index >= 15 is 0 Å². The predicted molar refractivity (Wildman–Crippen MR) is 128 cm³/mol. The fraction of sp³-hybridized carbons (Fsp3) is 0.409. The van der Waals surface area contributed by atoms with Gasteiger partial charge in [0, 0.05) is 6.54 Å². The largest absolute Gasteiger partial charge is 0.462 e. The van der Waals surface area contributed by atoms with Gasteiger partial charge in [-0.2, -0.15) is 0 Å². The molecule has 3 heterocycles. The Hall–Kier alpha value is -3.12. The zero-order valence-electron chi connectivity index (χ0n) is 19.4. The molecule has 0 fully saturated rings. The number of thiophene rings is 1. The minimum atomic E-state index is -0.611. The van der Waals surface area contributed by atoms with Gasteiger partial charge in [0.2, 0.25) is 5.91 Å². The van der Waals surface area contributed by atoms with Crippen molar-refractivity contribution in [1.82, 2.24) is 14.8 Å². The van der Waals surface area contributed by atoms with Crippen molar-refractivity contribution in [2.45, 2.75) is 45.8 Å². The van der Waals surface area contributed by atoms with E-state index in [9.17, 15) is 14.4 Å². The lowest BCUT2D eigenvalue weighted by Gasteiger charge is -2.08. The van der Waals surface area contributed by atoms with Crippen LogP contribution >= 0.6 is 23.1 Å². The van der Waals surface area contributed by atoms with E-state index in [1.54, 1.807) is 39.2 Å². The molecule has 3 aromatic heterocycles. The number of nitrogens with one attached hydrogen (secondary N) is 1. The topological polar surface area (TPSA) is 126 Å². The normalized spacial score (nSPS) is 10.8. The molecular weight excluding hydrogens is 480 g/mol. The molecule has 1 amide bonds. The molecule has 0 unspecified atom stereocenters. The summed E-state index contributed by atoms with van der Waals surface area (Å²) >= 11 is 2.20. The lowest BCUT2D eigenvalue weighted by Crippen LogP contribution is -2.17. The van der Waals surface area contributed by atoms with Crippen molar-refractivity contribution in [1.29, 1.82) is 0 Å². The van der Waals surface area contributed by atoms with Crippen LogP contribution < -0.4 is 5.32 Å². The average Bonchev–Trinajstić information content (AvgIpc) is 3.52. The molecule has 10 nitrogen and oxygen atoms in total. The van der Waals surface area contributed by atoms with E-state index in [4.69, 9.17) is 13.9 Å². The third-order valence-electron chi connectivity index (χ3n) is 4.58. The van der Waals surface area contributed by atoms with Gasteiger partial charge in [-0.3, -0.25) is 9.36 Å². The summed E-state index contributed by atoms with van der Waals surface area (Å²) in [7, 11) is 0. The van der Waals surface area contributed by atoms with Crippen LogP contribution in [0.1, 0.15) is 52.8 Å². The number of amides is 1. The Labute approximate surface area is 205 Å². The smallest absolute Gasteiger partial charge is 0.348 e. The third-order valence-corrected chi connectivity index (χ3v) is 6.73. The molecule has 182 valence electrons. The van der Waals surface area contributed by atoms with Gasteiger partial charge in [0.05, 0.1) is 30.8 Å². The second-order valence-electron chi connectivity index (χ2n) is 6.97. The lowest BCUT2D eigenvalue weighted by molar-refractivity contribution is -0.113. The number of furan rings is 1. The Morgan fingerprint density at radius 1 is 1.15 bits per heavy atom. The molecule has 0 aliphatic heterocycles. The molecule has 12 heteroatoms. The Bertz CT molecular complexity index is 1150. The minimum Gasteiger partial charge on any atom is -0.462 e. The second-order valence-corrected chi connectivity index (χ2v) is 8.94. The summed E-state index contributed by atoms with van der Waals surface area (Å²) < 4.78 is 17.5. The quantitative estimate of drug-likeness (QED) is 0.297. The van der Waals surface area contributed by atoms with Gasteiger partial charge < -0.3 is 19.2 Å². The van der Waals surface area contributed by atoms with Crippen molar-refractivity contribution < 1.29 is 28.3 Å². The summed E-state index contributed by atoms with van der Waals surface area (Å²) in [6.45, 7) is 8.06. The fourth-order valence-electron chi connectivity index (χ4n) is 3.14. The number of nitrogens with zero attached hydrogens (tertiary/aromatic N) is 3. The van der Waals surface area contributed by atoms with Crippen molar-refractivity contribution >= 4 is 45.9 Å². The second kappa shape index (κ2) is 11.8. The van der Waals surface area contributed by atoms with Gasteiger partial charge in [-0.05, 0) is 44.9 Å². The van der Waals surface area contributed by atoms with E-state index in [0.29, 0.717) is 28.8 Å². The highest BCUT2D eigenvalue weighted by molar-refractivity contribution is 7.99. The van der Waals surface area contributed by atoms with E-state index in [-0.39, 0.29) is 40.3 Å². The van der Waals surface area contributed by atoms with Crippen LogP contribution in [0.5, 0.6) is 0 Å². The van der Waals surface area contributed by atoms with E-state index in [0.717, 1.165) is 17.8 Å². The Kier molecular flexibility index (Phi) is 8.88. The van der Waals surface area contributed by atoms with Gasteiger partial charge >= 0.3 is 11.9 Å². The van der Waals surface area contributed by atoms with Crippen molar-refractivity contribution in [3.05, 3.63) is 34.4 Å². The summed E-state index contributed by atoms with van der Waals surface area (Å²) in [5.74, 6) is -0.320. The van der Waals surface area contributed by atoms with Gasteiger partial charge in [-0.25, -0.2) is 9.59 Å². The zero-order chi connectivity index (χ0) is 24.7. The highest BCUT2D eigenvalue weighted by Gasteiger charge is 2.27. The van der Waals surface area contributed by atoms with E-state index in [1.165, 1.54) is 11.8 Å². The number of carbonyl (C=O) groups excluding carboxylic acids is 3. The Morgan fingerprint density at radius 2 is 1.88 bits per heavy atom. The van der Waals surface area contributed by atoms with Crippen molar-refractivity contribution in [3.8, 4) is 11.6 Å². The molecule has 3 rings (SSSR count). The first kappa shape index (κ1) is 25.5. The molecule has 0 aliphatic rings. The fourth-order valence-corrected chi connectivity index (χ4v) is 5.01. The first-order valence-corrected chi connectivity index (χ1v) is 12.6. The van der Waals surface area contributed by atoms with Gasteiger partial charge in [-0.15, -0.1) is 21.5 Å². The highest BCUT2D eigenvalue weighted by atomic mass is 32.2. The number of hydrogen-bond acceptors (Lipinski definition) is 10. The van der Waals surface area contributed by atoms with Crippen LogP contribution in [-0.2, 0) is 20.8 Å². The van der Waals surface area contributed by atoms with E-state index < -0.39 is 11.9 Å². The first-order valence-electron chi connectivity index (χ1n) is 10.8. The average molecular weight is 507 g/mol. The number of thioether (sulfide) groups is 1. The summed E-state index contributed by atoms with van der Waals surface area (Å²) in [4.78, 5) is 37.8. The van der Waals surface area contributed by atoms with Gasteiger partial charge in [0.1, 0.15) is 9.88 Å². The molecule has 0 saturated heterocycles. The van der Waals surface area contributed by atoms with Crippen LogP contribution in [0.2, 0.25) is 0 Å². The summed E-state index contributed by atoms with van der Waals surface area (Å²) in [5, 5.41) is 12.0. The first-order chi connectivity index (χ1) is 16.4. The molecule has 0 atom stereocenters. The van der Waals surface area contributed by atoms with E-state index in [2.05, 4.69) is 15.5 Å². The standard InChI is InChI=1S/C22H26N4O6S2/c1-5-10-26-18(14-9-8-11-32-14)24-25-22(26)33-12-15(27)23-19-16(20(28)30-6-2)13(4)17(34-19)21(29)31-7-3/h8-9,11H,5-7,10,12H2,1-4H3,(H,23,27). The maximum atomic E-state index is 12.8. The molecule has 0 aliphatic carbocycles. The van der Waals surface area contributed by atoms with Crippen molar-refractivity contribution in [2.24, 2.45) is 0 Å². The molecule has 34 heavy (non-hydrogen) atoms. The lowest BCUT2D eigenvalue weighted by atomic mass is 10.1. The van der Waals surface area contributed by atoms with Gasteiger partial charge in [0.15, 0.2) is 16.7 Å². The van der Waals surface area contributed by atoms with E-state index in [1.807, 2.05) is 11.5 Å². The van der Waals surface area contributed by atoms with Crippen molar-refractivity contribution in [2.75, 3.05) is 24.3 Å². The van der Waals surface area contributed by atoms with Crippen LogP contribution in [0.3, 0.4) is 0 Å². The number of carbonyl (C=O) groups is 3. The Balaban J connectivity index is 1.78. The number of hydrogen-bond donors (Lipinski definition) is 1. The molecule has 0 saturated carbocycles. The molecular formula is C22H26N4O6S2. The molecule has 1 N–H and O–H groups in total. The predicted octanol–water partition coefficient (Wildman–Crippen LogP) is 4.40. The van der Waals surface area contributed by atoms with Crippen LogP contribution in [0.4, 0.5) is 5.00 Å². The number of ether oxygens (including phenoxy) is 2. The van der Waals surface area contributed by atoms with Gasteiger partial charge in [0.25, 0.3) is 0 Å². The van der Waals surface area contributed by atoms with Gasteiger partial charge in [-0.1, -0.05) is 18.7 Å². The number of anilines is 1. The minimum absolute atomic E-state index is 0.0218. The van der Waals surface area contributed by atoms with Crippen LogP contribution in [0, 0.1) is 6.92 Å². The number of esters is 2. The van der Waals surface area contributed by atoms with Crippen LogP contribution in [0.15, 0.2) is 28.0 Å². The summed E-state index contributed by atoms with van der Waals surface area (Å²) in [5.41, 5.74) is 0.568. The van der Waals surface area contributed by atoms with Crippen LogP contribution in [0.25, 0.3) is 11.6 Å². The Morgan fingerprint density at radius 3 is 2.53 bits per heavy atom. The number of rotatable bonds is 11. The SMILES string of the molecule is CCCn1c(SCC(=O)Nc2sc(C(=O)OCC)c(C)c2C(=O)OCC)nnc1-c1ccco1. The third kappa shape index (κ3) is 5.68. The molecule has 0 aromatic carbocycles. The summed E-state index contributed by atoms with van der Waals surface area (Å²) in [6.07, 6.45) is 2.41. The highest BCUT2D eigenvalue weighted by Crippen LogP contribution is 2.34. The number of aromatic nitrogens is 3. The molecule has 0 spiro atoms. The molecule has 0 bridgehead atoms. The summed E-state index contributed by atoms with van der Waals surface area (Å²) in [6, 6.07) is 3.57. The monoisotopic (exact) mass is 506 g/mol. The maximum absolute atomic E-state index is 12.8. The van der Waals surface area contributed by atoms with Crippen LogP contribution in [-0.4, -0.2) is 51.6 Å².